The molecule has 1 aliphatic heterocycles. The van der Waals surface area contributed by atoms with Gasteiger partial charge in [-0.15, -0.1) is 0 Å². The van der Waals surface area contributed by atoms with Crippen molar-refractivity contribution in [3.63, 3.8) is 0 Å². The van der Waals surface area contributed by atoms with E-state index < -0.39 is 0 Å². The Morgan fingerprint density at radius 3 is 2.42 bits per heavy atom. The number of ether oxygens (including phenoxy) is 1. The zero-order valence-electron chi connectivity index (χ0n) is 14.9. The number of aromatic nitrogens is 2. The number of carbonyl (C=O) groups is 1. The van der Waals surface area contributed by atoms with Gasteiger partial charge in [0, 0.05) is 25.9 Å². The number of hydrogen-bond acceptors (Lipinski definition) is 5. The van der Waals surface area contributed by atoms with Gasteiger partial charge in [0.05, 0.1) is 6.10 Å². The summed E-state index contributed by atoms with van der Waals surface area (Å²) in [4.78, 5) is 18.9. The highest BCUT2D eigenvalue weighted by atomic mass is 16.5. The molecule has 1 saturated heterocycles. The summed E-state index contributed by atoms with van der Waals surface area (Å²) in [5.74, 6) is 1.81. The lowest BCUT2D eigenvalue weighted by Crippen LogP contribution is -2.44. The fourth-order valence-corrected chi connectivity index (χ4v) is 3.82. The Kier molecular flexibility index (Phi) is 5.87. The number of piperidine rings is 1. The Morgan fingerprint density at radius 2 is 1.83 bits per heavy atom. The summed E-state index contributed by atoms with van der Waals surface area (Å²) in [6.45, 7) is 5.20. The van der Waals surface area contributed by atoms with Gasteiger partial charge >= 0.3 is 0 Å². The molecule has 1 aromatic heterocycles. The van der Waals surface area contributed by atoms with E-state index in [2.05, 4.69) is 10.1 Å². The first kappa shape index (κ1) is 17.4. The maximum atomic E-state index is 12.7. The molecular formula is C18H29N3O3. The van der Waals surface area contributed by atoms with E-state index in [0.29, 0.717) is 11.8 Å². The van der Waals surface area contributed by atoms with Crippen molar-refractivity contribution < 1.29 is 14.1 Å². The van der Waals surface area contributed by atoms with Gasteiger partial charge in [-0.2, -0.15) is 4.98 Å². The molecule has 1 aliphatic carbocycles. The van der Waals surface area contributed by atoms with Crippen LogP contribution in [0.25, 0.3) is 0 Å². The predicted octanol–water partition coefficient (Wildman–Crippen LogP) is 3.21. The molecule has 0 aromatic carbocycles. The minimum absolute atomic E-state index is 0.127. The third kappa shape index (κ3) is 4.35. The fraction of sp³-hybridized carbons (Fsp3) is 0.833. The van der Waals surface area contributed by atoms with E-state index in [9.17, 15) is 4.79 Å². The van der Waals surface area contributed by atoms with Crippen LogP contribution in [0, 0.1) is 6.92 Å². The summed E-state index contributed by atoms with van der Waals surface area (Å²) in [5.41, 5.74) is 0. The van der Waals surface area contributed by atoms with Crippen molar-refractivity contribution in [1.29, 1.82) is 0 Å². The standard InChI is InChI=1S/C18H29N3O3/c1-13(23-16-7-5-3-4-6-8-16)18(22)21-11-9-15(10-12-21)17-19-14(2)24-20-17/h13,15-16H,3-12H2,1-2H3/t13-/m1/s1. The van der Waals surface area contributed by atoms with Gasteiger partial charge in [0.15, 0.2) is 5.82 Å². The lowest BCUT2D eigenvalue weighted by atomic mass is 9.96. The number of rotatable bonds is 4. The average molecular weight is 335 g/mol. The molecule has 0 bridgehead atoms. The maximum absolute atomic E-state index is 12.7. The summed E-state index contributed by atoms with van der Waals surface area (Å²) in [5, 5.41) is 4.02. The topological polar surface area (TPSA) is 68.5 Å². The monoisotopic (exact) mass is 335 g/mol. The Bertz CT molecular complexity index is 529. The molecule has 0 radical (unpaired) electrons. The zero-order valence-corrected chi connectivity index (χ0v) is 14.9. The SMILES string of the molecule is Cc1nc(C2CCN(C(=O)[C@@H](C)OC3CCCCCC3)CC2)no1. The molecule has 134 valence electrons. The molecule has 0 spiro atoms. The molecule has 0 N–H and O–H groups in total. The molecule has 2 aliphatic rings. The fourth-order valence-electron chi connectivity index (χ4n) is 3.82. The first-order valence-electron chi connectivity index (χ1n) is 9.38. The third-order valence-corrected chi connectivity index (χ3v) is 5.26. The maximum Gasteiger partial charge on any atom is 0.251 e. The van der Waals surface area contributed by atoms with Crippen LogP contribution in [0.15, 0.2) is 4.52 Å². The highest BCUT2D eigenvalue weighted by Crippen LogP contribution is 2.27. The van der Waals surface area contributed by atoms with Crippen molar-refractivity contribution in [1.82, 2.24) is 15.0 Å². The molecule has 2 fully saturated rings. The first-order chi connectivity index (χ1) is 11.6. The lowest BCUT2D eigenvalue weighted by molar-refractivity contribution is -0.147. The Labute approximate surface area is 143 Å². The van der Waals surface area contributed by atoms with Crippen LogP contribution < -0.4 is 0 Å². The number of likely N-dealkylation sites (tertiary alicyclic amines) is 1. The lowest BCUT2D eigenvalue weighted by Gasteiger charge is -2.33. The first-order valence-corrected chi connectivity index (χ1v) is 9.38. The number of carbonyl (C=O) groups excluding carboxylic acids is 1. The highest BCUT2D eigenvalue weighted by Gasteiger charge is 2.30. The van der Waals surface area contributed by atoms with Gasteiger partial charge in [-0.25, -0.2) is 0 Å². The molecule has 0 unspecified atom stereocenters. The molecule has 2 heterocycles. The second kappa shape index (κ2) is 8.10. The molecule has 24 heavy (non-hydrogen) atoms. The molecular weight excluding hydrogens is 306 g/mol. The van der Waals surface area contributed by atoms with Gasteiger partial charge in [0.1, 0.15) is 6.10 Å². The minimum atomic E-state index is -0.336. The molecule has 6 heteroatoms. The van der Waals surface area contributed by atoms with Gasteiger partial charge in [0.2, 0.25) is 5.89 Å². The van der Waals surface area contributed by atoms with E-state index in [1.54, 1.807) is 0 Å². The summed E-state index contributed by atoms with van der Waals surface area (Å²) in [6.07, 6.45) is 8.93. The smallest absolute Gasteiger partial charge is 0.251 e. The third-order valence-electron chi connectivity index (χ3n) is 5.26. The van der Waals surface area contributed by atoms with E-state index in [-0.39, 0.29) is 18.1 Å². The largest absolute Gasteiger partial charge is 0.365 e. The Balaban J connectivity index is 1.47. The van der Waals surface area contributed by atoms with Crippen molar-refractivity contribution in [3.05, 3.63) is 11.7 Å². The second-order valence-corrected chi connectivity index (χ2v) is 7.16. The van der Waals surface area contributed by atoms with Crippen molar-refractivity contribution in [2.75, 3.05) is 13.1 Å². The normalized spacial score (nSPS) is 22.3. The highest BCUT2D eigenvalue weighted by molar-refractivity contribution is 5.80. The molecule has 6 nitrogen and oxygen atoms in total. The summed E-state index contributed by atoms with van der Waals surface area (Å²) < 4.78 is 11.1. The van der Waals surface area contributed by atoms with Crippen LogP contribution in [0.1, 0.15) is 75.9 Å². The van der Waals surface area contributed by atoms with Crippen molar-refractivity contribution in [2.45, 2.75) is 83.3 Å². The molecule has 1 saturated carbocycles. The van der Waals surface area contributed by atoms with E-state index in [1.807, 2.05) is 18.7 Å². The van der Waals surface area contributed by atoms with E-state index in [1.165, 1.54) is 25.7 Å². The number of amides is 1. The number of nitrogens with zero attached hydrogens (tertiary/aromatic N) is 3. The Morgan fingerprint density at radius 1 is 1.17 bits per heavy atom. The quantitative estimate of drug-likeness (QED) is 0.790. The molecule has 1 atom stereocenters. The second-order valence-electron chi connectivity index (χ2n) is 7.16. The summed E-state index contributed by atoms with van der Waals surface area (Å²) in [7, 11) is 0. The number of hydrogen-bond donors (Lipinski definition) is 0. The van der Waals surface area contributed by atoms with Crippen molar-refractivity contribution in [3.8, 4) is 0 Å². The minimum Gasteiger partial charge on any atom is -0.365 e. The van der Waals surface area contributed by atoms with Crippen LogP contribution in [-0.2, 0) is 9.53 Å². The zero-order chi connectivity index (χ0) is 16.9. The van der Waals surface area contributed by atoms with Crippen LogP contribution in [0.3, 0.4) is 0 Å². The summed E-state index contributed by atoms with van der Waals surface area (Å²) >= 11 is 0. The van der Waals surface area contributed by atoms with Gasteiger partial charge in [-0.05, 0) is 32.6 Å². The summed E-state index contributed by atoms with van der Waals surface area (Å²) in [6, 6.07) is 0. The molecule has 3 rings (SSSR count). The van der Waals surface area contributed by atoms with Gasteiger partial charge < -0.3 is 14.2 Å². The van der Waals surface area contributed by atoms with Gasteiger partial charge in [-0.1, -0.05) is 30.8 Å². The Hall–Kier alpha value is -1.43. The van der Waals surface area contributed by atoms with Crippen molar-refractivity contribution in [2.24, 2.45) is 0 Å². The van der Waals surface area contributed by atoms with Crippen LogP contribution in [0.4, 0.5) is 0 Å². The van der Waals surface area contributed by atoms with Crippen LogP contribution >= 0.6 is 0 Å². The van der Waals surface area contributed by atoms with E-state index >= 15 is 0 Å². The average Bonchev–Trinajstić information content (AvgIpc) is 2.87. The van der Waals surface area contributed by atoms with E-state index in [0.717, 1.165) is 44.6 Å². The van der Waals surface area contributed by atoms with Crippen LogP contribution in [-0.4, -0.2) is 46.2 Å². The van der Waals surface area contributed by atoms with Gasteiger partial charge in [0.25, 0.3) is 5.91 Å². The van der Waals surface area contributed by atoms with Crippen LogP contribution in [0.2, 0.25) is 0 Å². The van der Waals surface area contributed by atoms with E-state index in [4.69, 9.17) is 9.26 Å². The molecule has 1 amide bonds. The predicted molar refractivity (Wildman–Crippen MR) is 89.6 cm³/mol. The van der Waals surface area contributed by atoms with Crippen molar-refractivity contribution >= 4 is 5.91 Å². The van der Waals surface area contributed by atoms with Gasteiger partial charge in [-0.3, -0.25) is 4.79 Å². The number of aryl methyl sites for hydroxylation is 1. The molecule has 1 aromatic rings. The van der Waals surface area contributed by atoms with Crippen LogP contribution in [0.5, 0.6) is 0 Å².